The van der Waals surface area contributed by atoms with Crippen LogP contribution in [0.15, 0.2) is 18.3 Å². The summed E-state index contributed by atoms with van der Waals surface area (Å²) in [7, 11) is 0. The monoisotopic (exact) mass is 249 g/mol. The van der Waals surface area contributed by atoms with Crippen LogP contribution in [0.25, 0.3) is 0 Å². The van der Waals surface area contributed by atoms with Gasteiger partial charge in [-0.15, -0.1) is 0 Å². The Hall–Kier alpha value is -1.42. The Morgan fingerprint density at radius 2 is 2.11 bits per heavy atom. The van der Waals surface area contributed by atoms with Crippen molar-refractivity contribution in [1.29, 1.82) is 0 Å². The van der Waals surface area contributed by atoms with E-state index in [0.29, 0.717) is 25.2 Å². The van der Waals surface area contributed by atoms with E-state index in [0.717, 1.165) is 18.4 Å². The van der Waals surface area contributed by atoms with Gasteiger partial charge in [0.05, 0.1) is 0 Å². The summed E-state index contributed by atoms with van der Waals surface area (Å²) in [4.78, 5) is 15.9. The van der Waals surface area contributed by atoms with Gasteiger partial charge in [0, 0.05) is 24.6 Å². The molecule has 0 fully saturated rings. The number of nitrogens with zero attached hydrogens (tertiary/aromatic N) is 1. The van der Waals surface area contributed by atoms with Gasteiger partial charge in [0.1, 0.15) is 11.6 Å². The summed E-state index contributed by atoms with van der Waals surface area (Å²) in [6.45, 7) is 4.95. The molecule has 0 amide bonds. The van der Waals surface area contributed by atoms with Gasteiger partial charge in [-0.05, 0) is 30.9 Å². The smallest absolute Gasteiger partial charge is 0.137 e. The first-order valence-corrected chi connectivity index (χ1v) is 6.36. The lowest BCUT2D eigenvalue weighted by Gasteiger charge is -2.23. The predicted octanol–water partition coefficient (Wildman–Crippen LogP) is 1.93. The lowest BCUT2D eigenvalue weighted by molar-refractivity contribution is -0.119. The highest BCUT2D eigenvalue weighted by Gasteiger charge is 2.18. The van der Waals surface area contributed by atoms with Crippen molar-refractivity contribution in [1.82, 2.24) is 4.98 Å². The standard InChI is InChI=1S/C14H23N3O/c1-14(2,7-8-15)6-5-12(18)10-11-4-3-9-17-13(11)16/h3-4,9H,5-8,10,15H2,1-2H3,(H2,16,17). The zero-order chi connectivity index (χ0) is 13.6. The first kappa shape index (κ1) is 14.6. The van der Waals surface area contributed by atoms with Gasteiger partial charge >= 0.3 is 0 Å². The minimum absolute atomic E-state index is 0.130. The van der Waals surface area contributed by atoms with Crippen LogP contribution in [-0.4, -0.2) is 17.3 Å². The van der Waals surface area contributed by atoms with Gasteiger partial charge in [0.15, 0.2) is 0 Å². The van der Waals surface area contributed by atoms with Crippen molar-refractivity contribution in [2.24, 2.45) is 11.1 Å². The fourth-order valence-electron chi connectivity index (χ4n) is 1.89. The molecular formula is C14H23N3O. The highest BCUT2D eigenvalue weighted by atomic mass is 16.1. The van der Waals surface area contributed by atoms with E-state index in [1.165, 1.54) is 0 Å². The fourth-order valence-corrected chi connectivity index (χ4v) is 1.89. The molecule has 4 heteroatoms. The number of Topliss-reactive ketones (excluding diaryl/α,β-unsaturated/α-hetero) is 1. The Bertz CT molecular complexity index is 402. The molecular weight excluding hydrogens is 226 g/mol. The van der Waals surface area contributed by atoms with Gasteiger partial charge in [-0.3, -0.25) is 4.79 Å². The zero-order valence-electron chi connectivity index (χ0n) is 11.3. The molecule has 0 saturated carbocycles. The number of nitrogen functional groups attached to an aromatic ring is 1. The molecule has 18 heavy (non-hydrogen) atoms. The molecule has 0 aromatic carbocycles. The molecule has 1 rings (SSSR count). The summed E-state index contributed by atoms with van der Waals surface area (Å²) in [6, 6.07) is 3.66. The van der Waals surface area contributed by atoms with Crippen molar-refractivity contribution in [3.05, 3.63) is 23.9 Å². The molecule has 0 aliphatic rings. The van der Waals surface area contributed by atoms with Crippen LogP contribution >= 0.6 is 0 Å². The average Bonchev–Trinajstić information content (AvgIpc) is 2.30. The highest BCUT2D eigenvalue weighted by molar-refractivity contribution is 5.81. The number of hydrogen-bond donors (Lipinski definition) is 2. The molecule has 1 heterocycles. The van der Waals surface area contributed by atoms with Crippen molar-refractivity contribution >= 4 is 11.6 Å². The van der Waals surface area contributed by atoms with Crippen LogP contribution < -0.4 is 11.5 Å². The van der Waals surface area contributed by atoms with Gasteiger partial charge in [-0.1, -0.05) is 19.9 Å². The molecule has 0 aliphatic carbocycles. The fraction of sp³-hybridized carbons (Fsp3) is 0.571. The number of pyridine rings is 1. The summed E-state index contributed by atoms with van der Waals surface area (Å²) < 4.78 is 0. The Balaban J connectivity index is 2.46. The number of hydrogen-bond acceptors (Lipinski definition) is 4. The lowest BCUT2D eigenvalue weighted by atomic mass is 9.83. The van der Waals surface area contributed by atoms with Crippen LogP contribution in [-0.2, 0) is 11.2 Å². The van der Waals surface area contributed by atoms with Crippen LogP contribution in [0.5, 0.6) is 0 Å². The second-order valence-corrected chi connectivity index (χ2v) is 5.47. The summed E-state index contributed by atoms with van der Waals surface area (Å²) in [6.07, 6.45) is 4.38. The van der Waals surface area contributed by atoms with E-state index in [4.69, 9.17) is 11.5 Å². The number of rotatable bonds is 7. The molecule has 0 aliphatic heterocycles. The Kier molecular flexibility index (Phi) is 5.28. The molecule has 0 saturated heterocycles. The minimum atomic E-state index is 0.130. The average molecular weight is 249 g/mol. The summed E-state index contributed by atoms with van der Waals surface area (Å²) in [5.41, 5.74) is 12.2. The molecule has 0 atom stereocenters. The maximum atomic E-state index is 11.9. The number of nitrogens with two attached hydrogens (primary N) is 2. The van der Waals surface area contributed by atoms with Gasteiger partial charge in [0.2, 0.25) is 0 Å². The Morgan fingerprint density at radius 1 is 1.39 bits per heavy atom. The Labute approximate surface area is 109 Å². The van der Waals surface area contributed by atoms with Crippen molar-refractivity contribution in [3.8, 4) is 0 Å². The van der Waals surface area contributed by atoms with Gasteiger partial charge < -0.3 is 11.5 Å². The third-order valence-electron chi connectivity index (χ3n) is 3.22. The second kappa shape index (κ2) is 6.50. The van der Waals surface area contributed by atoms with E-state index in [1.54, 1.807) is 12.3 Å². The van der Waals surface area contributed by atoms with Crippen LogP contribution in [0, 0.1) is 5.41 Å². The van der Waals surface area contributed by atoms with E-state index in [9.17, 15) is 4.79 Å². The normalized spacial score (nSPS) is 11.5. The van der Waals surface area contributed by atoms with Gasteiger partial charge in [-0.25, -0.2) is 4.98 Å². The SMILES string of the molecule is CC(C)(CCN)CCC(=O)Cc1cccnc1N. The summed E-state index contributed by atoms with van der Waals surface area (Å²) >= 11 is 0. The van der Waals surface area contributed by atoms with Crippen LogP contribution in [0.1, 0.15) is 38.7 Å². The predicted molar refractivity (Wildman–Crippen MR) is 74.0 cm³/mol. The first-order chi connectivity index (χ1) is 8.44. The first-order valence-electron chi connectivity index (χ1n) is 6.36. The molecule has 0 spiro atoms. The summed E-state index contributed by atoms with van der Waals surface area (Å²) in [5.74, 6) is 0.659. The zero-order valence-corrected chi connectivity index (χ0v) is 11.3. The van der Waals surface area contributed by atoms with Crippen molar-refractivity contribution in [2.75, 3.05) is 12.3 Å². The lowest BCUT2D eigenvalue weighted by Crippen LogP contribution is -2.19. The van der Waals surface area contributed by atoms with E-state index < -0.39 is 0 Å². The van der Waals surface area contributed by atoms with E-state index >= 15 is 0 Å². The van der Waals surface area contributed by atoms with Gasteiger partial charge in [0.25, 0.3) is 0 Å². The quantitative estimate of drug-likeness (QED) is 0.773. The van der Waals surface area contributed by atoms with Crippen LogP contribution in [0.3, 0.4) is 0 Å². The second-order valence-electron chi connectivity index (χ2n) is 5.47. The molecule has 0 radical (unpaired) electrons. The van der Waals surface area contributed by atoms with Crippen molar-refractivity contribution in [2.45, 2.75) is 39.5 Å². The Morgan fingerprint density at radius 3 is 2.72 bits per heavy atom. The molecule has 1 aromatic rings. The molecule has 100 valence electrons. The number of carbonyl (C=O) groups excluding carboxylic acids is 1. The number of carbonyl (C=O) groups is 1. The molecule has 4 N–H and O–H groups in total. The largest absolute Gasteiger partial charge is 0.383 e. The molecule has 1 aromatic heterocycles. The topological polar surface area (TPSA) is 82.0 Å². The molecule has 0 unspecified atom stereocenters. The maximum Gasteiger partial charge on any atom is 0.137 e. The van der Waals surface area contributed by atoms with Crippen molar-refractivity contribution < 1.29 is 4.79 Å². The number of ketones is 1. The maximum absolute atomic E-state index is 11.9. The van der Waals surface area contributed by atoms with Gasteiger partial charge in [-0.2, -0.15) is 0 Å². The molecule has 0 bridgehead atoms. The van der Waals surface area contributed by atoms with E-state index in [2.05, 4.69) is 18.8 Å². The third kappa shape index (κ3) is 4.84. The van der Waals surface area contributed by atoms with E-state index in [-0.39, 0.29) is 11.2 Å². The van der Waals surface area contributed by atoms with E-state index in [1.807, 2.05) is 6.07 Å². The number of anilines is 1. The molecule has 4 nitrogen and oxygen atoms in total. The third-order valence-corrected chi connectivity index (χ3v) is 3.22. The van der Waals surface area contributed by atoms with Crippen LogP contribution in [0.2, 0.25) is 0 Å². The van der Waals surface area contributed by atoms with Crippen molar-refractivity contribution in [3.63, 3.8) is 0 Å². The summed E-state index contributed by atoms with van der Waals surface area (Å²) in [5, 5.41) is 0. The number of aromatic nitrogens is 1. The minimum Gasteiger partial charge on any atom is -0.383 e. The highest BCUT2D eigenvalue weighted by Crippen LogP contribution is 2.26. The van der Waals surface area contributed by atoms with Crippen LogP contribution in [0.4, 0.5) is 5.82 Å².